The van der Waals surface area contributed by atoms with Gasteiger partial charge in [0.1, 0.15) is 0 Å². The molecule has 0 amide bonds. The fraction of sp³-hybridized carbons (Fsp3) is 0.316. The molecule has 3 aromatic rings. The van der Waals surface area contributed by atoms with Gasteiger partial charge in [-0.1, -0.05) is 24.3 Å². The van der Waals surface area contributed by atoms with Gasteiger partial charge in [-0.25, -0.2) is 4.68 Å². The molecule has 4 rings (SSSR count). The molecule has 1 fully saturated rings. The van der Waals surface area contributed by atoms with Crippen LogP contribution in [0.4, 0.5) is 5.82 Å². The van der Waals surface area contributed by atoms with Gasteiger partial charge in [-0.2, -0.15) is 5.10 Å². The van der Waals surface area contributed by atoms with E-state index in [9.17, 15) is 0 Å². The molecule has 1 aliphatic rings. The maximum atomic E-state index is 4.38. The van der Waals surface area contributed by atoms with Crippen molar-refractivity contribution in [1.29, 1.82) is 0 Å². The predicted molar refractivity (Wildman–Crippen MR) is 97.8 cm³/mol. The molecule has 0 N–H and O–H groups in total. The van der Waals surface area contributed by atoms with Crippen molar-refractivity contribution in [3.8, 4) is 5.82 Å². The van der Waals surface area contributed by atoms with Crippen molar-refractivity contribution in [3.63, 3.8) is 0 Å². The summed E-state index contributed by atoms with van der Waals surface area (Å²) < 4.78 is 1.72. The second kappa shape index (κ2) is 7.03. The van der Waals surface area contributed by atoms with Crippen molar-refractivity contribution in [2.75, 3.05) is 31.1 Å². The number of aromatic nitrogens is 4. The summed E-state index contributed by atoms with van der Waals surface area (Å²) in [5, 5.41) is 12.8. The average Bonchev–Trinajstić information content (AvgIpc) is 3.19. The van der Waals surface area contributed by atoms with Crippen LogP contribution in [0.25, 0.3) is 5.82 Å². The topological polar surface area (TPSA) is 50.1 Å². The van der Waals surface area contributed by atoms with Gasteiger partial charge >= 0.3 is 0 Å². The molecule has 0 saturated carbocycles. The molecule has 6 heteroatoms. The molecule has 0 spiro atoms. The smallest absolute Gasteiger partial charge is 0.175 e. The summed E-state index contributed by atoms with van der Waals surface area (Å²) in [7, 11) is 0. The molecule has 1 aromatic carbocycles. The minimum Gasteiger partial charge on any atom is -0.353 e. The van der Waals surface area contributed by atoms with Gasteiger partial charge in [-0.3, -0.25) is 4.90 Å². The van der Waals surface area contributed by atoms with E-state index in [0.29, 0.717) is 0 Å². The van der Waals surface area contributed by atoms with Gasteiger partial charge in [-0.05, 0) is 36.2 Å². The van der Waals surface area contributed by atoms with Crippen LogP contribution >= 0.6 is 0 Å². The van der Waals surface area contributed by atoms with Gasteiger partial charge in [0.05, 0.1) is 0 Å². The van der Waals surface area contributed by atoms with E-state index in [1.54, 1.807) is 10.9 Å². The summed E-state index contributed by atoms with van der Waals surface area (Å²) in [4.78, 5) is 4.80. The Balaban J connectivity index is 1.36. The number of aryl methyl sites for hydroxylation is 1. The van der Waals surface area contributed by atoms with Crippen LogP contribution in [0, 0.1) is 6.92 Å². The Morgan fingerprint density at radius 2 is 1.64 bits per heavy atom. The fourth-order valence-corrected chi connectivity index (χ4v) is 3.18. The first kappa shape index (κ1) is 15.8. The van der Waals surface area contributed by atoms with Crippen molar-refractivity contribution >= 4 is 5.82 Å². The monoisotopic (exact) mass is 334 g/mol. The Hall–Kier alpha value is -2.73. The highest BCUT2D eigenvalue weighted by atomic mass is 15.4. The summed E-state index contributed by atoms with van der Waals surface area (Å²) in [5.74, 6) is 1.68. The summed E-state index contributed by atoms with van der Waals surface area (Å²) >= 11 is 0. The zero-order valence-electron chi connectivity index (χ0n) is 14.4. The van der Waals surface area contributed by atoms with Crippen LogP contribution in [-0.4, -0.2) is 51.1 Å². The van der Waals surface area contributed by atoms with Crippen molar-refractivity contribution in [3.05, 3.63) is 66.0 Å². The normalized spacial score (nSPS) is 15.5. The predicted octanol–water partition coefficient (Wildman–Crippen LogP) is 2.29. The van der Waals surface area contributed by atoms with Crippen LogP contribution in [0.5, 0.6) is 0 Å². The quantitative estimate of drug-likeness (QED) is 0.733. The summed E-state index contributed by atoms with van der Waals surface area (Å²) in [6.45, 7) is 7.23. The van der Waals surface area contributed by atoms with Crippen molar-refractivity contribution in [1.82, 2.24) is 24.9 Å². The van der Waals surface area contributed by atoms with E-state index >= 15 is 0 Å². The Labute approximate surface area is 147 Å². The maximum absolute atomic E-state index is 4.38. The number of hydrogen-bond donors (Lipinski definition) is 0. The first-order valence-corrected chi connectivity index (χ1v) is 8.65. The Morgan fingerprint density at radius 1 is 0.880 bits per heavy atom. The second-order valence-corrected chi connectivity index (χ2v) is 6.39. The number of rotatable bonds is 4. The number of nitrogens with zero attached hydrogens (tertiary/aromatic N) is 6. The van der Waals surface area contributed by atoms with E-state index in [1.807, 2.05) is 24.4 Å². The maximum Gasteiger partial charge on any atom is 0.175 e. The first-order valence-electron chi connectivity index (χ1n) is 8.65. The number of hydrogen-bond acceptors (Lipinski definition) is 5. The number of benzene rings is 1. The minimum absolute atomic E-state index is 0.743. The fourth-order valence-electron chi connectivity index (χ4n) is 3.18. The lowest BCUT2D eigenvalue weighted by atomic mass is 10.1. The molecule has 6 nitrogen and oxygen atoms in total. The van der Waals surface area contributed by atoms with E-state index < -0.39 is 0 Å². The first-order chi connectivity index (χ1) is 12.3. The van der Waals surface area contributed by atoms with Gasteiger partial charge in [0, 0.05) is 45.1 Å². The second-order valence-electron chi connectivity index (χ2n) is 6.39. The van der Waals surface area contributed by atoms with Gasteiger partial charge in [0.2, 0.25) is 0 Å². The van der Waals surface area contributed by atoms with Crippen LogP contribution in [0.3, 0.4) is 0 Å². The highest BCUT2D eigenvalue weighted by Gasteiger charge is 2.19. The van der Waals surface area contributed by atoms with E-state index in [0.717, 1.165) is 44.4 Å². The highest BCUT2D eigenvalue weighted by molar-refractivity contribution is 5.40. The molecule has 0 aliphatic carbocycles. The third kappa shape index (κ3) is 3.53. The molecule has 1 saturated heterocycles. The molecular weight excluding hydrogens is 312 g/mol. The van der Waals surface area contributed by atoms with E-state index in [-0.39, 0.29) is 0 Å². The molecule has 0 radical (unpaired) electrons. The summed E-state index contributed by atoms with van der Waals surface area (Å²) in [6.07, 6.45) is 3.61. The van der Waals surface area contributed by atoms with E-state index in [1.165, 1.54) is 11.1 Å². The molecular formula is C19H22N6. The lowest BCUT2D eigenvalue weighted by Gasteiger charge is -2.35. The molecule has 3 heterocycles. The summed E-state index contributed by atoms with van der Waals surface area (Å²) in [5.41, 5.74) is 2.78. The van der Waals surface area contributed by atoms with Crippen LogP contribution in [0.15, 0.2) is 54.9 Å². The SMILES string of the molecule is Cc1ccccc1CN1CCN(c2ccc(-n3cccn3)nn2)CC1. The van der Waals surface area contributed by atoms with Crippen LogP contribution in [0.2, 0.25) is 0 Å². The lowest BCUT2D eigenvalue weighted by Crippen LogP contribution is -2.46. The molecule has 0 atom stereocenters. The Bertz CT molecular complexity index is 804. The third-order valence-corrected chi connectivity index (χ3v) is 4.73. The zero-order valence-corrected chi connectivity index (χ0v) is 14.4. The molecule has 0 bridgehead atoms. The zero-order chi connectivity index (χ0) is 17.1. The minimum atomic E-state index is 0.743. The molecule has 2 aromatic heterocycles. The molecule has 128 valence electrons. The van der Waals surface area contributed by atoms with Crippen molar-refractivity contribution < 1.29 is 0 Å². The number of piperazine rings is 1. The van der Waals surface area contributed by atoms with Crippen LogP contribution in [-0.2, 0) is 6.54 Å². The van der Waals surface area contributed by atoms with Crippen molar-refractivity contribution in [2.45, 2.75) is 13.5 Å². The van der Waals surface area contributed by atoms with Gasteiger partial charge in [0.15, 0.2) is 11.6 Å². The van der Waals surface area contributed by atoms with Crippen molar-refractivity contribution in [2.24, 2.45) is 0 Å². The standard InChI is InChI=1S/C19H22N6/c1-16-5-2-3-6-17(16)15-23-11-13-24(14-12-23)18-7-8-19(22-21-18)25-10-4-9-20-25/h2-10H,11-15H2,1H3. The third-order valence-electron chi connectivity index (χ3n) is 4.73. The molecule has 1 aliphatic heterocycles. The lowest BCUT2D eigenvalue weighted by molar-refractivity contribution is 0.248. The van der Waals surface area contributed by atoms with E-state index in [4.69, 9.17) is 0 Å². The average molecular weight is 334 g/mol. The Morgan fingerprint density at radius 3 is 2.32 bits per heavy atom. The molecule has 25 heavy (non-hydrogen) atoms. The van der Waals surface area contributed by atoms with Crippen LogP contribution in [0.1, 0.15) is 11.1 Å². The summed E-state index contributed by atoms with van der Waals surface area (Å²) in [6, 6.07) is 14.5. The largest absolute Gasteiger partial charge is 0.353 e. The molecule has 0 unspecified atom stereocenters. The Kier molecular flexibility index (Phi) is 4.43. The van der Waals surface area contributed by atoms with E-state index in [2.05, 4.69) is 56.3 Å². The highest BCUT2D eigenvalue weighted by Crippen LogP contribution is 2.16. The number of anilines is 1. The van der Waals surface area contributed by atoms with Crippen LogP contribution < -0.4 is 4.90 Å². The van der Waals surface area contributed by atoms with Gasteiger partial charge in [-0.15, -0.1) is 10.2 Å². The van der Waals surface area contributed by atoms with Gasteiger partial charge < -0.3 is 4.90 Å². The van der Waals surface area contributed by atoms with Gasteiger partial charge in [0.25, 0.3) is 0 Å².